The van der Waals surface area contributed by atoms with Gasteiger partial charge in [0.25, 0.3) is 0 Å². The molecular formula is C46H34. The highest BCUT2D eigenvalue weighted by molar-refractivity contribution is 6.26. The summed E-state index contributed by atoms with van der Waals surface area (Å²) < 4.78 is 0. The second kappa shape index (κ2) is 8.06. The van der Waals surface area contributed by atoms with Crippen LogP contribution in [-0.4, -0.2) is 0 Å². The summed E-state index contributed by atoms with van der Waals surface area (Å²) >= 11 is 0. The highest BCUT2D eigenvalue weighted by Gasteiger charge is 2.49. The van der Waals surface area contributed by atoms with Crippen molar-refractivity contribution in [3.63, 3.8) is 0 Å². The third-order valence-electron chi connectivity index (χ3n) is 12.4. The van der Waals surface area contributed by atoms with Crippen LogP contribution < -0.4 is 0 Å². The van der Waals surface area contributed by atoms with Gasteiger partial charge in [-0.1, -0.05) is 137 Å². The molecule has 6 aliphatic rings. The maximum atomic E-state index is 2.62. The molecule has 11 rings (SSSR count). The second-order valence-corrected chi connectivity index (χ2v) is 15.2. The Balaban J connectivity index is 1.24. The van der Waals surface area contributed by atoms with Gasteiger partial charge in [-0.2, -0.15) is 0 Å². The van der Waals surface area contributed by atoms with Gasteiger partial charge < -0.3 is 0 Å². The number of allylic oxidation sites excluding steroid dienone is 14. The first-order valence-corrected chi connectivity index (χ1v) is 16.9. The Morgan fingerprint density at radius 1 is 0.565 bits per heavy atom. The summed E-state index contributed by atoms with van der Waals surface area (Å²) in [5.41, 5.74) is 17.3. The number of rotatable bonds is 0. The van der Waals surface area contributed by atoms with Crippen molar-refractivity contribution in [1.82, 2.24) is 0 Å². The normalized spacial score (nSPS) is 23.4. The lowest BCUT2D eigenvalue weighted by Crippen LogP contribution is -2.30. The van der Waals surface area contributed by atoms with E-state index in [1.807, 2.05) is 0 Å². The minimum Gasteiger partial charge on any atom is -0.0617 e. The van der Waals surface area contributed by atoms with Crippen molar-refractivity contribution in [2.24, 2.45) is 11.8 Å². The molecule has 2 unspecified atom stereocenters. The van der Waals surface area contributed by atoms with Crippen LogP contribution in [0.3, 0.4) is 0 Å². The van der Waals surface area contributed by atoms with E-state index in [9.17, 15) is 0 Å². The molecular weight excluding hydrogens is 553 g/mol. The molecule has 6 aliphatic carbocycles. The van der Waals surface area contributed by atoms with Crippen LogP contribution in [0.4, 0.5) is 0 Å². The molecule has 0 amide bonds. The molecule has 0 heterocycles. The van der Waals surface area contributed by atoms with Crippen LogP contribution in [0.25, 0.3) is 49.0 Å². The van der Waals surface area contributed by atoms with Gasteiger partial charge in [0, 0.05) is 22.7 Å². The quantitative estimate of drug-likeness (QED) is 0.158. The molecule has 0 radical (unpaired) electrons. The Hall–Kier alpha value is -4.94. The molecule has 218 valence electrons. The predicted molar refractivity (Wildman–Crippen MR) is 194 cm³/mol. The van der Waals surface area contributed by atoms with Crippen LogP contribution >= 0.6 is 0 Å². The minimum atomic E-state index is -0.140. The fourth-order valence-corrected chi connectivity index (χ4v) is 10.3. The largest absolute Gasteiger partial charge is 0.0617 e. The number of benzene rings is 5. The Kier molecular flexibility index (Phi) is 4.43. The van der Waals surface area contributed by atoms with Crippen molar-refractivity contribution in [3.05, 3.63) is 172 Å². The topological polar surface area (TPSA) is 0 Å². The van der Waals surface area contributed by atoms with Crippen LogP contribution in [0, 0.1) is 11.8 Å². The van der Waals surface area contributed by atoms with Gasteiger partial charge in [0.05, 0.1) is 0 Å². The van der Waals surface area contributed by atoms with Crippen molar-refractivity contribution in [1.29, 1.82) is 0 Å². The molecule has 2 atom stereocenters. The third kappa shape index (κ3) is 2.80. The van der Waals surface area contributed by atoms with Crippen molar-refractivity contribution < 1.29 is 0 Å². The Bertz CT molecular complexity index is 2560. The fraction of sp³-hybridized carbons (Fsp3) is 0.174. The molecule has 0 spiro atoms. The van der Waals surface area contributed by atoms with Crippen molar-refractivity contribution >= 4 is 37.9 Å². The first-order valence-electron chi connectivity index (χ1n) is 16.9. The number of hydrogen-bond donors (Lipinski definition) is 0. The summed E-state index contributed by atoms with van der Waals surface area (Å²) in [4.78, 5) is 0. The van der Waals surface area contributed by atoms with Crippen LogP contribution in [0.2, 0.25) is 0 Å². The average molecular weight is 587 g/mol. The summed E-state index contributed by atoms with van der Waals surface area (Å²) in [6.45, 7) is 9.84. The van der Waals surface area contributed by atoms with E-state index in [1.165, 1.54) is 99.1 Å². The predicted octanol–water partition coefficient (Wildman–Crippen LogP) is 11.6. The zero-order chi connectivity index (χ0) is 30.7. The molecule has 46 heavy (non-hydrogen) atoms. The highest BCUT2D eigenvalue weighted by Crippen LogP contribution is 2.63. The van der Waals surface area contributed by atoms with E-state index in [1.54, 1.807) is 0 Å². The number of fused-ring (bicyclic) bond motifs is 13. The molecule has 0 fully saturated rings. The van der Waals surface area contributed by atoms with Crippen molar-refractivity contribution in [2.45, 2.75) is 38.5 Å². The Morgan fingerprint density at radius 3 is 2.15 bits per heavy atom. The van der Waals surface area contributed by atoms with Gasteiger partial charge >= 0.3 is 0 Å². The average Bonchev–Trinajstić information content (AvgIpc) is 3.45. The molecule has 5 aromatic carbocycles. The summed E-state index contributed by atoms with van der Waals surface area (Å²) in [7, 11) is 0. The Morgan fingerprint density at radius 2 is 1.28 bits per heavy atom. The molecule has 0 bridgehead atoms. The van der Waals surface area contributed by atoms with Gasteiger partial charge in [-0.15, -0.1) is 0 Å². The van der Waals surface area contributed by atoms with Gasteiger partial charge in [0.1, 0.15) is 0 Å². The molecule has 0 heteroatoms. The van der Waals surface area contributed by atoms with Crippen LogP contribution in [0.5, 0.6) is 0 Å². The SMILES string of the molecule is CC1(C)C2=CC3=CC=C4C=CC=C5C=CC(=C2c2cc6c(cc21)-c1c(c2ccc7ccccc7c2c2ccccc12)C6(C)C)C3C54. The van der Waals surface area contributed by atoms with Gasteiger partial charge in [-0.05, 0) is 111 Å². The molecule has 0 saturated carbocycles. The Labute approximate surface area is 270 Å². The molecule has 0 aliphatic heterocycles. The van der Waals surface area contributed by atoms with Crippen LogP contribution in [0.1, 0.15) is 49.9 Å². The smallest absolute Gasteiger partial charge is 0.0205 e. The fourth-order valence-electron chi connectivity index (χ4n) is 10.3. The number of hydrogen-bond acceptors (Lipinski definition) is 0. The lowest BCUT2D eigenvalue weighted by atomic mass is 9.61. The zero-order valence-corrected chi connectivity index (χ0v) is 26.7. The highest BCUT2D eigenvalue weighted by atomic mass is 14.5. The van der Waals surface area contributed by atoms with Gasteiger partial charge in [-0.25, -0.2) is 0 Å². The molecule has 5 aromatic rings. The van der Waals surface area contributed by atoms with E-state index in [2.05, 4.69) is 149 Å². The van der Waals surface area contributed by atoms with Crippen molar-refractivity contribution in [3.8, 4) is 11.1 Å². The molecule has 0 aromatic heterocycles. The van der Waals surface area contributed by atoms with Gasteiger partial charge in [-0.3, -0.25) is 0 Å². The van der Waals surface area contributed by atoms with Crippen molar-refractivity contribution in [2.75, 3.05) is 0 Å². The van der Waals surface area contributed by atoms with Crippen LogP contribution in [-0.2, 0) is 10.8 Å². The maximum absolute atomic E-state index is 2.62. The first-order chi connectivity index (χ1) is 22.3. The lowest BCUT2D eigenvalue weighted by Gasteiger charge is -2.42. The van der Waals surface area contributed by atoms with E-state index in [4.69, 9.17) is 0 Å². The maximum Gasteiger partial charge on any atom is 0.0205 e. The monoisotopic (exact) mass is 586 g/mol. The summed E-state index contributed by atoms with van der Waals surface area (Å²) in [5, 5.41) is 8.16. The summed E-state index contributed by atoms with van der Waals surface area (Å²) in [6.07, 6.45) is 19.0. The van der Waals surface area contributed by atoms with Gasteiger partial charge in [0.15, 0.2) is 0 Å². The summed E-state index contributed by atoms with van der Waals surface area (Å²) in [6, 6.07) is 28.0. The standard InChI is InChI=1S/C46H34/c1-45(2)36-24-35-37(23-34(36)42-32-20-19-27-12-9-11-26-16-17-28(22-38(42)45)40(32)39(26)27)46(3,4)44-33-21-18-25-10-5-6-13-29(25)41(33)30-14-7-8-15-31(30)43(35)44/h5-24,39-40H,1-4H3. The van der Waals surface area contributed by atoms with E-state index in [0.717, 1.165) is 0 Å². The first kappa shape index (κ1) is 25.3. The molecule has 0 nitrogen and oxygen atoms in total. The van der Waals surface area contributed by atoms with Crippen LogP contribution in [0.15, 0.2) is 149 Å². The molecule has 0 saturated heterocycles. The lowest BCUT2D eigenvalue weighted by molar-refractivity contribution is 0.559. The van der Waals surface area contributed by atoms with E-state index < -0.39 is 0 Å². The second-order valence-electron chi connectivity index (χ2n) is 15.2. The summed E-state index contributed by atoms with van der Waals surface area (Å²) in [5.74, 6) is 0.812. The minimum absolute atomic E-state index is 0.0886. The van der Waals surface area contributed by atoms with E-state index in [-0.39, 0.29) is 10.8 Å². The van der Waals surface area contributed by atoms with E-state index >= 15 is 0 Å². The third-order valence-corrected chi connectivity index (χ3v) is 12.4. The zero-order valence-electron chi connectivity index (χ0n) is 26.7. The van der Waals surface area contributed by atoms with E-state index in [0.29, 0.717) is 11.8 Å². The van der Waals surface area contributed by atoms with Gasteiger partial charge in [0.2, 0.25) is 0 Å². The molecule has 0 N–H and O–H groups in total.